The molecule has 0 atom stereocenters. The number of pyridine rings is 1. The van der Waals surface area contributed by atoms with Gasteiger partial charge in [0.2, 0.25) is 5.88 Å². The third-order valence-electron chi connectivity index (χ3n) is 3.69. The minimum atomic E-state index is -1.55. The normalized spacial score (nSPS) is 11.4. The second-order valence-electron chi connectivity index (χ2n) is 6.25. The van der Waals surface area contributed by atoms with Gasteiger partial charge in [-0.1, -0.05) is 0 Å². The smallest absolute Gasteiger partial charge is 0.341 e. The van der Waals surface area contributed by atoms with E-state index in [1.165, 1.54) is 43.9 Å². The summed E-state index contributed by atoms with van der Waals surface area (Å²) < 4.78 is 6.38. The van der Waals surface area contributed by atoms with Gasteiger partial charge >= 0.3 is 5.97 Å². The molecule has 0 aliphatic heterocycles. The lowest BCUT2D eigenvalue weighted by molar-refractivity contribution is -0.130. The first-order chi connectivity index (χ1) is 12.7. The van der Waals surface area contributed by atoms with Crippen molar-refractivity contribution in [3.05, 3.63) is 36.2 Å². The molecule has 3 rings (SSSR count). The SMILES string of the molecule is COc1ncc(-c2ccc3nc(NC(=O)C(C)(C)O)cn3n2)cc1C(=O)O. The van der Waals surface area contributed by atoms with E-state index in [1.54, 1.807) is 12.1 Å². The molecule has 0 aliphatic carbocycles. The van der Waals surface area contributed by atoms with Crippen molar-refractivity contribution in [3.63, 3.8) is 0 Å². The second kappa shape index (κ2) is 6.65. The average molecular weight is 371 g/mol. The number of amides is 1. The maximum Gasteiger partial charge on any atom is 0.341 e. The molecule has 3 N–H and O–H groups in total. The zero-order chi connectivity index (χ0) is 19.8. The lowest BCUT2D eigenvalue weighted by Crippen LogP contribution is -2.36. The Kier molecular flexibility index (Phi) is 4.50. The Balaban J connectivity index is 1.96. The van der Waals surface area contributed by atoms with Crippen molar-refractivity contribution in [3.8, 4) is 17.1 Å². The quantitative estimate of drug-likeness (QED) is 0.608. The fourth-order valence-electron chi connectivity index (χ4n) is 2.27. The zero-order valence-corrected chi connectivity index (χ0v) is 14.8. The lowest BCUT2D eigenvalue weighted by Gasteiger charge is -2.14. The molecule has 10 nitrogen and oxygen atoms in total. The van der Waals surface area contributed by atoms with E-state index in [2.05, 4.69) is 20.4 Å². The largest absolute Gasteiger partial charge is 0.480 e. The van der Waals surface area contributed by atoms with Crippen LogP contribution in [0.2, 0.25) is 0 Å². The monoisotopic (exact) mass is 371 g/mol. The zero-order valence-electron chi connectivity index (χ0n) is 14.8. The highest BCUT2D eigenvalue weighted by atomic mass is 16.5. The highest BCUT2D eigenvalue weighted by molar-refractivity contribution is 5.96. The average Bonchev–Trinajstić information content (AvgIpc) is 3.01. The summed E-state index contributed by atoms with van der Waals surface area (Å²) in [7, 11) is 1.34. The number of anilines is 1. The van der Waals surface area contributed by atoms with Crippen LogP contribution < -0.4 is 10.1 Å². The first kappa shape index (κ1) is 18.3. The fraction of sp³-hybridized carbons (Fsp3) is 0.235. The van der Waals surface area contributed by atoms with Crippen molar-refractivity contribution in [2.75, 3.05) is 12.4 Å². The third kappa shape index (κ3) is 3.70. The van der Waals surface area contributed by atoms with Crippen LogP contribution in [0.3, 0.4) is 0 Å². The van der Waals surface area contributed by atoms with Crippen LogP contribution in [-0.4, -0.2) is 54.4 Å². The summed E-state index contributed by atoms with van der Waals surface area (Å²) in [6.45, 7) is 2.73. The summed E-state index contributed by atoms with van der Waals surface area (Å²) in [5, 5.41) is 25.8. The predicted molar refractivity (Wildman–Crippen MR) is 94.7 cm³/mol. The summed E-state index contributed by atoms with van der Waals surface area (Å²) in [5.74, 6) is -1.53. The van der Waals surface area contributed by atoms with Crippen molar-refractivity contribution in [1.29, 1.82) is 0 Å². The molecule has 0 fully saturated rings. The Morgan fingerprint density at radius 2 is 2.04 bits per heavy atom. The number of aromatic carboxylic acids is 1. The fourth-order valence-corrected chi connectivity index (χ4v) is 2.27. The van der Waals surface area contributed by atoms with Crippen LogP contribution >= 0.6 is 0 Å². The predicted octanol–water partition coefficient (Wildman–Crippen LogP) is 1.21. The number of nitrogens with zero attached hydrogens (tertiary/aromatic N) is 4. The number of carboxylic acids is 1. The second-order valence-corrected chi connectivity index (χ2v) is 6.25. The van der Waals surface area contributed by atoms with E-state index in [-0.39, 0.29) is 17.3 Å². The van der Waals surface area contributed by atoms with Gasteiger partial charge < -0.3 is 20.3 Å². The van der Waals surface area contributed by atoms with Gasteiger partial charge in [0.1, 0.15) is 11.2 Å². The molecule has 1 amide bonds. The number of hydrogen-bond acceptors (Lipinski definition) is 7. The molecule has 0 saturated carbocycles. The van der Waals surface area contributed by atoms with E-state index in [4.69, 9.17) is 4.74 Å². The first-order valence-corrected chi connectivity index (χ1v) is 7.87. The van der Waals surface area contributed by atoms with Crippen LogP contribution in [0.15, 0.2) is 30.6 Å². The van der Waals surface area contributed by atoms with Gasteiger partial charge in [0.05, 0.1) is 19.0 Å². The molecule has 0 radical (unpaired) electrons. The molecule has 3 heterocycles. The molecule has 3 aromatic heterocycles. The molecular weight excluding hydrogens is 354 g/mol. The van der Waals surface area contributed by atoms with E-state index >= 15 is 0 Å². The number of aromatic nitrogens is 4. The Morgan fingerprint density at radius 3 is 2.67 bits per heavy atom. The number of carbonyl (C=O) groups is 2. The van der Waals surface area contributed by atoms with Crippen LogP contribution in [-0.2, 0) is 4.79 Å². The van der Waals surface area contributed by atoms with Gasteiger partial charge in [0.15, 0.2) is 11.5 Å². The van der Waals surface area contributed by atoms with Crippen LogP contribution in [0.1, 0.15) is 24.2 Å². The van der Waals surface area contributed by atoms with Crippen molar-refractivity contribution in [2.24, 2.45) is 0 Å². The Bertz CT molecular complexity index is 1040. The third-order valence-corrected chi connectivity index (χ3v) is 3.69. The summed E-state index contributed by atoms with van der Waals surface area (Å²) in [5.41, 5.74) is -0.231. The van der Waals surface area contributed by atoms with Crippen LogP contribution in [0.4, 0.5) is 5.82 Å². The van der Waals surface area contributed by atoms with Gasteiger partial charge in [-0.3, -0.25) is 4.79 Å². The highest BCUT2D eigenvalue weighted by Gasteiger charge is 2.24. The molecule has 0 aliphatic rings. The highest BCUT2D eigenvalue weighted by Crippen LogP contribution is 2.23. The van der Waals surface area contributed by atoms with Gasteiger partial charge in [0.25, 0.3) is 5.91 Å². The molecular formula is C17H17N5O5. The molecule has 0 aromatic carbocycles. The number of fused-ring (bicyclic) bond motifs is 1. The number of imidazole rings is 1. The van der Waals surface area contributed by atoms with E-state index in [9.17, 15) is 19.8 Å². The van der Waals surface area contributed by atoms with Crippen LogP contribution in [0.5, 0.6) is 5.88 Å². The maximum atomic E-state index is 11.9. The minimum Gasteiger partial charge on any atom is -0.480 e. The number of carboxylic acid groups (broad SMARTS) is 1. The summed E-state index contributed by atoms with van der Waals surface area (Å²) in [6.07, 6.45) is 2.94. The number of hydrogen-bond donors (Lipinski definition) is 3. The van der Waals surface area contributed by atoms with Crippen molar-refractivity contribution in [1.82, 2.24) is 19.6 Å². The molecule has 0 spiro atoms. The number of carbonyl (C=O) groups excluding carboxylic acids is 1. The molecule has 0 bridgehead atoms. The Hall–Kier alpha value is -3.53. The van der Waals surface area contributed by atoms with E-state index in [0.29, 0.717) is 16.9 Å². The van der Waals surface area contributed by atoms with E-state index in [1.807, 2.05) is 0 Å². The molecule has 27 heavy (non-hydrogen) atoms. The van der Waals surface area contributed by atoms with Crippen LogP contribution in [0, 0.1) is 0 Å². The van der Waals surface area contributed by atoms with Crippen LogP contribution in [0.25, 0.3) is 16.9 Å². The van der Waals surface area contributed by atoms with Gasteiger partial charge in [-0.2, -0.15) is 5.10 Å². The lowest BCUT2D eigenvalue weighted by atomic mass is 10.1. The number of aliphatic hydroxyl groups is 1. The summed E-state index contributed by atoms with van der Waals surface area (Å²) in [4.78, 5) is 31.4. The van der Waals surface area contributed by atoms with E-state index < -0.39 is 17.5 Å². The molecule has 10 heteroatoms. The molecule has 140 valence electrons. The minimum absolute atomic E-state index is 0.00609. The van der Waals surface area contributed by atoms with Crippen molar-refractivity contribution >= 4 is 23.3 Å². The molecule has 0 saturated heterocycles. The standard InChI is InChI=1S/C17H17N5O5/c1-17(2,26)16(25)20-12-8-22-13(19-12)5-4-11(21-22)9-6-10(15(23)24)14(27-3)18-7-9/h4-8,26H,1-3H3,(H,20,25)(H,23,24). The number of nitrogens with one attached hydrogen (secondary N) is 1. The number of ether oxygens (including phenoxy) is 1. The first-order valence-electron chi connectivity index (χ1n) is 7.87. The van der Waals surface area contributed by atoms with Crippen molar-refractivity contribution in [2.45, 2.75) is 19.4 Å². The van der Waals surface area contributed by atoms with Gasteiger partial charge in [-0.15, -0.1) is 0 Å². The Labute approximate surface area is 153 Å². The van der Waals surface area contributed by atoms with Gasteiger partial charge in [0, 0.05) is 11.8 Å². The topological polar surface area (TPSA) is 139 Å². The maximum absolute atomic E-state index is 11.9. The summed E-state index contributed by atoms with van der Waals surface area (Å²) in [6, 6.07) is 4.72. The number of methoxy groups -OCH3 is 1. The Morgan fingerprint density at radius 1 is 1.30 bits per heavy atom. The van der Waals surface area contributed by atoms with Gasteiger partial charge in [-0.05, 0) is 32.0 Å². The molecule has 3 aromatic rings. The summed E-state index contributed by atoms with van der Waals surface area (Å²) >= 11 is 0. The molecule has 0 unspecified atom stereocenters. The van der Waals surface area contributed by atoms with Gasteiger partial charge in [-0.25, -0.2) is 19.3 Å². The number of rotatable bonds is 5. The van der Waals surface area contributed by atoms with Crippen molar-refractivity contribution < 1.29 is 24.5 Å². The van der Waals surface area contributed by atoms with E-state index in [0.717, 1.165) is 0 Å².